The molecule has 1 aromatic rings. The number of carbonyl (C=O) groups is 1. The van der Waals surface area contributed by atoms with Gasteiger partial charge in [0, 0.05) is 18.4 Å². The highest BCUT2D eigenvalue weighted by Crippen LogP contribution is 2.13. The number of rotatable bonds is 5. The third-order valence-electron chi connectivity index (χ3n) is 3.09. The third-order valence-corrected chi connectivity index (χ3v) is 3.09. The van der Waals surface area contributed by atoms with Crippen molar-refractivity contribution in [2.75, 3.05) is 6.54 Å². The maximum absolute atomic E-state index is 11.8. The summed E-state index contributed by atoms with van der Waals surface area (Å²) in [5.74, 6) is -0.140. The van der Waals surface area contributed by atoms with Crippen molar-refractivity contribution in [3.8, 4) is 0 Å². The van der Waals surface area contributed by atoms with Crippen LogP contribution in [0.4, 0.5) is 0 Å². The van der Waals surface area contributed by atoms with Crippen LogP contribution in [0.15, 0.2) is 12.3 Å². The Labute approximate surface area is 96.1 Å². The van der Waals surface area contributed by atoms with E-state index in [0.717, 1.165) is 5.69 Å². The minimum atomic E-state index is -0.792. The molecule has 0 bridgehead atoms. The topological polar surface area (TPSA) is 65.1 Å². The highest BCUT2D eigenvalue weighted by atomic mass is 16.3. The lowest BCUT2D eigenvalue weighted by molar-refractivity contribution is 0.0314. The van der Waals surface area contributed by atoms with Gasteiger partial charge in [-0.05, 0) is 25.8 Å². The Morgan fingerprint density at radius 2 is 2.12 bits per heavy atom. The minimum absolute atomic E-state index is 0.140. The van der Waals surface area contributed by atoms with Crippen molar-refractivity contribution in [1.82, 2.24) is 10.3 Å². The van der Waals surface area contributed by atoms with Crippen LogP contribution in [-0.2, 0) is 0 Å². The van der Waals surface area contributed by atoms with E-state index >= 15 is 0 Å². The predicted octanol–water partition coefficient (Wildman–Crippen LogP) is 1.60. The first kappa shape index (κ1) is 12.8. The molecule has 16 heavy (non-hydrogen) atoms. The summed E-state index contributed by atoms with van der Waals surface area (Å²) >= 11 is 0. The zero-order chi connectivity index (χ0) is 12.2. The molecule has 0 aliphatic rings. The average molecular weight is 224 g/mol. The molecular formula is C12H20N2O2. The minimum Gasteiger partial charge on any atom is -0.388 e. The maximum atomic E-state index is 11.8. The Kier molecular flexibility index (Phi) is 4.12. The molecule has 0 aliphatic carbocycles. The second kappa shape index (κ2) is 5.16. The highest BCUT2D eigenvalue weighted by molar-refractivity contribution is 5.95. The molecule has 0 saturated carbocycles. The normalized spacial score (nSPS) is 11.5. The number of aliphatic hydroxyl groups is 1. The van der Waals surface area contributed by atoms with E-state index in [9.17, 15) is 9.90 Å². The number of carbonyl (C=O) groups excluding carboxylic acids is 1. The summed E-state index contributed by atoms with van der Waals surface area (Å²) in [5.41, 5.74) is 0.684. The van der Waals surface area contributed by atoms with Gasteiger partial charge in [0.2, 0.25) is 0 Å². The van der Waals surface area contributed by atoms with E-state index in [-0.39, 0.29) is 5.91 Å². The average Bonchev–Trinajstić information content (AvgIpc) is 2.72. The van der Waals surface area contributed by atoms with E-state index in [0.29, 0.717) is 24.9 Å². The number of aromatic nitrogens is 1. The molecule has 0 atom stereocenters. The van der Waals surface area contributed by atoms with Gasteiger partial charge < -0.3 is 15.4 Å². The molecule has 4 heteroatoms. The summed E-state index contributed by atoms with van der Waals surface area (Å²) < 4.78 is 0. The van der Waals surface area contributed by atoms with Gasteiger partial charge in [0.15, 0.2) is 0 Å². The van der Waals surface area contributed by atoms with Crippen LogP contribution in [0.3, 0.4) is 0 Å². The maximum Gasteiger partial charge on any atom is 0.253 e. The molecule has 1 amide bonds. The van der Waals surface area contributed by atoms with Crippen molar-refractivity contribution in [2.45, 2.75) is 39.2 Å². The standard InChI is InChI=1S/C12H20N2O2/c1-4-12(16,5-2)8-14-11(15)10-6-7-13-9(10)3/h6-7,13,16H,4-5,8H2,1-3H3,(H,14,15). The van der Waals surface area contributed by atoms with Crippen LogP contribution in [0.5, 0.6) is 0 Å². The van der Waals surface area contributed by atoms with Crippen molar-refractivity contribution in [1.29, 1.82) is 0 Å². The molecule has 3 N–H and O–H groups in total. The lowest BCUT2D eigenvalue weighted by Gasteiger charge is -2.25. The lowest BCUT2D eigenvalue weighted by atomic mass is 9.97. The molecule has 0 aromatic carbocycles. The molecule has 0 aliphatic heterocycles. The van der Waals surface area contributed by atoms with Gasteiger partial charge in [0.05, 0.1) is 11.2 Å². The van der Waals surface area contributed by atoms with Crippen molar-refractivity contribution in [3.63, 3.8) is 0 Å². The van der Waals surface area contributed by atoms with Gasteiger partial charge in [0.25, 0.3) is 5.91 Å². The van der Waals surface area contributed by atoms with E-state index in [2.05, 4.69) is 10.3 Å². The first-order valence-electron chi connectivity index (χ1n) is 5.67. The first-order chi connectivity index (χ1) is 7.52. The molecule has 0 spiro atoms. The van der Waals surface area contributed by atoms with Crippen LogP contribution >= 0.6 is 0 Å². The van der Waals surface area contributed by atoms with Gasteiger partial charge in [0.1, 0.15) is 0 Å². The number of hydrogen-bond acceptors (Lipinski definition) is 2. The second-order valence-corrected chi connectivity index (χ2v) is 4.13. The quantitative estimate of drug-likeness (QED) is 0.711. The van der Waals surface area contributed by atoms with E-state index in [1.54, 1.807) is 12.3 Å². The monoisotopic (exact) mass is 224 g/mol. The molecule has 1 heterocycles. The fourth-order valence-corrected chi connectivity index (χ4v) is 1.54. The zero-order valence-electron chi connectivity index (χ0n) is 10.1. The van der Waals surface area contributed by atoms with Crippen molar-refractivity contribution in [2.24, 2.45) is 0 Å². The van der Waals surface area contributed by atoms with Crippen LogP contribution < -0.4 is 5.32 Å². The van der Waals surface area contributed by atoms with Crippen LogP contribution in [0.2, 0.25) is 0 Å². The van der Waals surface area contributed by atoms with Crippen LogP contribution in [0.1, 0.15) is 42.7 Å². The fraction of sp³-hybridized carbons (Fsp3) is 0.583. The van der Waals surface area contributed by atoms with Crippen molar-refractivity contribution < 1.29 is 9.90 Å². The van der Waals surface area contributed by atoms with Crippen LogP contribution in [-0.4, -0.2) is 28.1 Å². The third kappa shape index (κ3) is 2.85. The van der Waals surface area contributed by atoms with E-state index in [1.165, 1.54) is 0 Å². The summed E-state index contributed by atoms with van der Waals surface area (Å²) in [6.07, 6.45) is 3.00. The first-order valence-corrected chi connectivity index (χ1v) is 5.67. The molecule has 0 unspecified atom stereocenters. The van der Waals surface area contributed by atoms with Gasteiger partial charge in [-0.1, -0.05) is 13.8 Å². The predicted molar refractivity (Wildman–Crippen MR) is 63.4 cm³/mol. The molecule has 0 saturated heterocycles. The molecule has 4 nitrogen and oxygen atoms in total. The van der Waals surface area contributed by atoms with E-state index in [4.69, 9.17) is 0 Å². The van der Waals surface area contributed by atoms with Gasteiger partial charge in [-0.15, -0.1) is 0 Å². The van der Waals surface area contributed by atoms with Gasteiger partial charge in [-0.25, -0.2) is 0 Å². The number of hydrogen-bond donors (Lipinski definition) is 3. The molecular weight excluding hydrogens is 204 g/mol. The lowest BCUT2D eigenvalue weighted by Crippen LogP contribution is -2.42. The molecule has 0 fully saturated rings. The molecule has 1 rings (SSSR count). The Bertz CT molecular complexity index is 354. The van der Waals surface area contributed by atoms with Crippen molar-refractivity contribution >= 4 is 5.91 Å². The molecule has 1 aromatic heterocycles. The SMILES string of the molecule is CCC(O)(CC)CNC(=O)c1cc[nH]c1C. The number of amides is 1. The zero-order valence-corrected chi connectivity index (χ0v) is 10.1. The van der Waals surface area contributed by atoms with E-state index < -0.39 is 5.60 Å². The fourth-order valence-electron chi connectivity index (χ4n) is 1.54. The van der Waals surface area contributed by atoms with Crippen LogP contribution in [0, 0.1) is 6.92 Å². The summed E-state index contributed by atoms with van der Waals surface area (Å²) in [5, 5.41) is 12.8. The number of H-pyrrole nitrogens is 1. The summed E-state index contributed by atoms with van der Waals surface area (Å²) in [6.45, 7) is 5.97. The molecule has 90 valence electrons. The Balaban J connectivity index is 2.57. The van der Waals surface area contributed by atoms with Gasteiger partial charge in [-0.2, -0.15) is 0 Å². The largest absolute Gasteiger partial charge is 0.388 e. The van der Waals surface area contributed by atoms with E-state index in [1.807, 2.05) is 20.8 Å². The summed E-state index contributed by atoms with van der Waals surface area (Å²) in [6, 6.07) is 1.74. The summed E-state index contributed by atoms with van der Waals surface area (Å²) in [7, 11) is 0. The van der Waals surface area contributed by atoms with Gasteiger partial charge in [-0.3, -0.25) is 4.79 Å². The smallest absolute Gasteiger partial charge is 0.253 e. The number of nitrogens with one attached hydrogen (secondary N) is 2. The van der Waals surface area contributed by atoms with Crippen LogP contribution in [0.25, 0.3) is 0 Å². The Morgan fingerprint density at radius 1 is 1.50 bits per heavy atom. The summed E-state index contributed by atoms with van der Waals surface area (Å²) in [4.78, 5) is 14.7. The highest BCUT2D eigenvalue weighted by Gasteiger charge is 2.23. The van der Waals surface area contributed by atoms with Gasteiger partial charge >= 0.3 is 0 Å². The Morgan fingerprint density at radius 3 is 2.56 bits per heavy atom. The molecule has 0 radical (unpaired) electrons. The Hall–Kier alpha value is -1.29. The number of aryl methyl sites for hydroxylation is 1. The second-order valence-electron chi connectivity index (χ2n) is 4.13. The van der Waals surface area contributed by atoms with Crippen molar-refractivity contribution in [3.05, 3.63) is 23.5 Å². The number of aromatic amines is 1.